The van der Waals surface area contributed by atoms with Crippen LogP contribution in [0.1, 0.15) is 48.0 Å². The van der Waals surface area contributed by atoms with Gasteiger partial charge in [-0.25, -0.2) is 0 Å². The lowest BCUT2D eigenvalue weighted by Gasteiger charge is -2.21. The molecule has 0 saturated carbocycles. The van der Waals surface area contributed by atoms with Gasteiger partial charge in [-0.15, -0.1) is 0 Å². The molecule has 92 valence electrons. The van der Waals surface area contributed by atoms with Gasteiger partial charge in [-0.05, 0) is 33.6 Å². The number of nitrogens with zero attached hydrogens (tertiary/aromatic N) is 2. The van der Waals surface area contributed by atoms with Gasteiger partial charge in [0.05, 0.1) is 17.4 Å². The number of hydrogen-bond acceptors (Lipinski definition) is 2. The monoisotopic (exact) mass is 223 g/mol. The first kappa shape index (κ1) is 13.1. The Hall–Kier alpha value is -0.990. The summed E-state index contributed by atoms with van der Waals surface area (Å²) in [6.07, 6.45) is 5.19. The Morgan fingerprint density at radius 2 is 2.00 bits per heavy atom. The Labute approximate surface area is 99.2 Å². The molecular weight excluding hydrogens is 198 g/mol. The molecule has 0 aliphatic heterocycles. The molecule has 2 unspecified atom stereocenters. The fourth-order valence-corrected chi connectivity index (χ4v) is 1.52. The molecular formula is C13H25N3. The molecule has 3 nitrogen and oxygen atoms in total. The van der Waals surface area contributed by atoms with Gasteiger partial charge in [-0.3, -0.25) is 4.68 Å². The van der Waals surface area contributed by atoms with Crippen LogP contribution >= 0.6 is 0 Å². The van der Waals surface area contributed by atoms with Crippen LogP contribution in [0.25, 0.3) is 0 Å². The zero-order chi connectivity index (χ0) is 12.3. The van der Waals surface area contributed by atoms with Gasteiger partial charge < -0.3 is 5.32 Å². The van der Waals surface area contributed by atoms with Crippen LogP contribution in [-0.4, -0.2) is 15.8 Å². The minimum absolute atomic E-state index is 0.0551. The Morgan fingerprint density at radius 1 is 1.38 bits per heavy atom. The highest BCUT2D eigenvalue weighted by Gasteiger charge is 2.15. The van der Waals surface area contributed by atoms with Crippen LogP contribution in [0.4, 0.5) is 5.69 Å². The summed E-state index contributed by atoms with van der Waals surface area (Å²) in [5.74, 6) is 0.679. The number of rotatable bonds is 4. The van der Waals surface area contributed by atoms with Gasteiger partial charge >= 0.3 is 0 Å². The maximum absolute atomic E-state index is 4.38. The molecule has 0 radical (unpaired) electrons. The molecule has 1 aromatic heterocycles. The van der Waals surface area contributed by atoms with Gasteiger partial charge in [-0.2, -0.15) is 5.10 Å². The number of anilines is 1. The molecule has 3 heteroatoms. The zero-order valence-corrected chi connectivity index (χ0v) is 11.4. The third-order valence-corrected chi connectivity index (χ3v) is 3.16. The first-order valence-corrected chi connectivity index (χ1v) is 6.16. The summed E-state index contributed by atoms with van der Waals surface area (Å²) in [4.78, 5) is 0. The summed E-state index contributed by atoms with van der Waals surface area (Å²) >= 11 is 0. The highest BCUT2D eigenvalue weighted by Crippen LogP contribution is 2.18. The van der Waals surface area contributed by atoms with Crippen molar-refractivity contribution in [3.8, 4) is 0 Å². The van der Waals surface area contributed by atoms with Gasteiger partial charge in [0, 0.05) is 12.2 Å². The van der Waals surface area contributed by atoms with E-state index in [1.807, 2.05) is 10.9 Å². The lowest BCUT2D eigenvalue weighted by molar-refractivity contribution is 0.355. The van der Waals surface area contributed by atoms with Crippen molar-refractivity contribution < 1.29 is 0 Å². The lowest BCUT2D eigenvalue weighted by Crippen LogP contribution is -2.23. The highest BCUT2D eigenvalue weighted by molar-refractivity contribution is 5.39. The van der Waals surface area contributed by atoms with Crippen LogP contribution in [0.15, 0.2) is 12.4 Å². The Bertz CT molecular complexity index is 322. The number of aromatic nitrogens is 2. The summed E-state index contributed by atoms with van der Waals surface area (Å²) in [5.41, 5.74) is 1.17. The summed E-state index contributed by atoms with van der Waals surface area (Å²) in [7, 11) is 0. The van der Waals surface area contributed by atoms with Crippen LogP contribution in [-0.2, 0) is 5.54 Å². The standard InChI is InChI=1S/C13H25N3/c1-7-10(2)11(3)15-12-8-14-16(9-12)13(4,5)6/h8-11,15H,7H2,1-6H3. The maximum atomic E-state index is 4.38. The second-order valence-corrected chi connectivity index (χ2v) is 5.66. The van der Waals surface area contributed by atoms with Crippen molar-refractivity contribution in [2.45, 2.75) is 59.5 Å². The first-order chi connectivity index (χ1) is 7.34. The largest absolute Gasteiger partial charge is 0.380 e. The number of nitrogens with one attached hydrogen (secondary N) is 1. The van der Waals surface area contributed by atoms with E-state index in [1.165, 1.54) is 6.42 Å². The van der Waals surface area contributed by atoms with E-state index in [2.05, 4.69) is 58.2 Å². The van der Waals surface area contributed by atoms with Crippen LogP contribution in [0.2, 0.25) is 0 Å². The SMILES string of the molecule is CCC(C)C(C)Nc1cnn(C(C)(C)C)c1. The average molecular weight is 223 g/mol. The number of hydrogen-bond donors (Lipinski definition) is 1. The van der Waals surface area contributed by atoms with Crippen molar-refractivity contribution in [3.05, 3.63) is 12.4 Å². The summed E-state index contributed by atoms with van der Waals surface area (Å²) in [6.45, 7) is 13.2. The highest BCUT2D eigenvalue weighted by atomic mass is 15.3. The molecule has 0 aliphatic rings. The average Bonchev–Trinajstić information content (AvgIpc) is 2.64. The van der Waals surface area contributed by atoms with E-state index >= 15 is 0 Å². The van der Waals surface area contributed by atoms with E-state index in [0.29, 0.717) is 12.0 Å². The quantitative estimate of drug-likeness (QED) is 0.847. The fourth-order valence-electron chi connectivity index (χ4n) is 1.52. The van der Waals surface area contributed by atoms with E-state index in [9.17, 15) is 0 Å². The van der Waals surface area contributed by atoms with Gasteiger partial charge in [0.25, 0.3) is 0 Å². The van der Waals surface area contributed by atoms with Crippen LogP contribution < -0.4 is 5.32 Å². The molecule has 1 heterocycles. The van der Waals surface area contributed by atoms with E-state index in [4.69, 9.17) is 0 Å². The van der Waals surface area contributed by atoms with E-state index in [0.717, 1.165) is 5.69 Å². The maximum Gasteiger partial charge on any atom is 0.0728 e. The second-order valence-electron chi connectivity index (χ2n) is 5.66. The lowest BCUT2D eigenvalue weighted by atomic mass is 10.0. The van der Waals surface area contributed by atoms with Crippen LogP contribution in [0, 0.1) is 5.92 Å². The van der Waals surface area contributed by atoms with Gasteiger partial charge in [0.1, 0.15) is 0 Å². The Morgan fingerprint density at radius 3 is 2.44 bits per heavy atom. The van der Waals surface area contributed by atoms with Crippen LogP contribution in [0.5, 0.6) is 0 Å². The topological polar surface area (TPSA) is 29.9 Å². The van der Waals surface area contributed by atoms with Crippen molar-refractivity contribution in [2.75, 3.05) is 5.32 Å². The van der Waals surface area contributed by atoms with E-state index in [1.54, 1.807) is 0 Å². The molecule has 0 aromatic carbocycles. The zero-order valence-electron chi connectivity index (χ0n) is 11.4. The van der Waals surface area contributed by atoms with Gasteiger partial charge in [0.15, 0.2) is 0 Å². The van der Waals surface area contributed by atoms with E-state index < -0.39 is 0 Å². The molecule has 1 N–H and O–H groups in total. The fraction of sp³-hybridized carbons (Fsp3) is 0.769. The summed E-state index contributed by atoms with van der Waals surface area (Å²) < 4.78 is 2.00. The third-order valence-electron chi connectivity index (χ3n) is 3.16. The molecule has 1 aromatic rings. The molecule has 0 saturated heterocycles. The minimum atomic E-state index is 0.0551. The Kier molecular flexibility index (Phi) is 4.00. The van der Waals surface area contributed by atoms with Gasteiger partial charge in [-0.1, -0.05) is 20.3 Å². The molecule has 2 atom stereocenters. The molecule has 16 heavy (non-hydrogen) atoms. The van der Waals surface area contributed by atoms with Crippen molar-refractivity contribution in [1.29, 1.82) is 0 Å². The molecule has 0 bridgehead atoms. The van der Waals surface area contributed by atoms with Crippen molar-refractivity contribution in [1.82, 2.24) is 9.78 Å². The summed E-state index contributed by atoms with van der Waals surface area (Å²) in [5, 5.41) is 7.88. The second kappa shape index (κ2) is 4.89. The summed E-state index contributed by atoms with van der Waals surface area (Å²) in [6, 6.07) is 0.489. The minimum Gasteiger partial charge on any atom is -0.380 e. The Balaban J connectivity index is 2.66. The smallest absolute Gasteiger partial charge is 0.0728 e. The van der Waals surface area contributed by atoms with E-state index in [-0.39, 0.29) is 5.54 Å². The predicted molar refractivity (Wildman–Crippen MR) is 69.8 cm³/mol. The molecule has 0 aliphatic carbocycles. The molecule has 1 rings (SSSR count). The molecule has 0 fully saturated rings. The van der Waals surface area contributed by atoms with Gasteiger partial charge in [0.2, 0.25) is 0 Å². The normalized spacial score (nSPS) is 15.9. The third kappa shape index (κ3) is 3.26. The predicted octanol–water partition coefficient (Wildman–Crippen LogP) is 3.48. The first-order valence-electron chi connectivity index (χ1n) is 6.16. The van der Waals surface area contributed by atoms with Crippen LogP contribution in [0.3, 0.4) is 0 Å². The van der Waals surface area contributed by atoms with Crippen molar-refractivity contribution in [2.24, 2.45) is 5.92 Å². The molecule has 0 amide bonds. The van der Waals surface area contributed by atoms with Crippen molar-refractivity contribution >= 4 is 5.69 Å². The van der Waals surface area contributed by atoms with Crippen molar-refractivity contribution in [3.63, 3.8) is 0 Å². The molecule has 0 spiro atoms.